The molecule has 1 aromatic rings. The lowest BCUT2D eigenvalue weighted by atomic mass is 9.82. The fraction of sp³-hybridized carbons (Fsp3) is 0.533. The zero-order valence-corrected chi connectivity index (χ0v) is 13.4. The summed E-state index contributed by atoms with van der Waals surface area (Å²) in [5.41, 5.74) is -0.329. The Labute approximate surface area is 124 Å². The lowest BCUT2D eigenvalue weighted by molar-refractivity contribution is 0.220. The van der Waals surface area contributed by atoms with E-state index in [1.165, 1.54) is 18.2 Å². The highest BCUT2D eigenvalue weighted by atomic mass is 35.5. The minimum Gasteiger partial charge on any atom is -0.333 e. The van der Waals surface area contributed by atoms with Gasteiger partial charge in [-0.25, -0.2) is 9.18 Å². The van der Waals surface area contributed by atoms with E-state index in [4.69, 9.17) is 11.6 Å². The van der Waals surface area contributed by atoms with Crippen molar-refractivity contribution in [3.63, 3.8) is 0 Å². The van der Waals surface area contributed by atoms with E-state index in [0.717, 1.165) is 6.42 Å². The molecule has 1 rings (SSSR count). The number of urea groups is 1. The minimum absolute atomic E-state index is 0.00164. The molecule has 0 atom stereocenters. The van der Waals surface area contributed by atoms with Gasteiger partial charge in [0.1, 0.15) is 5.82 Å². The summed E-state index contributed by atoms with van der Waals surface area (Å²) in [6.45, 7) is 10.2. The first-order chi connectivity index (χ1) is 9.00. The van der Waals surface area contributed by atoms with Gasteiger partial charge in [0.25, 0.3) is 0 Å². The van der Waals surface area contributed by atoms with Gasteiger partial charge in [0.15, 0.2) is 0 Å². The van der Waals surface area contributed by atoms with Crippen LogP contribution in [0.15, 0.2) is 18.2 Å². The molecule has 0 aliphatic heterocycles. The van der Waals surface area contributed by atoms with E-state index in [0.29, 0.717) is 0 Å². The Bertz CT molecular complexity index is 475. The molecule has 0 aromatic heterocycles. The molecule has 2 N–H and O–H groups in total. The first kappa shape index (κ1) is 16.8. The molecule has 5 heteroatoms. The Hall–Kier alpha value is -1.29. The highest BCUT2D eigenvalue weighted by Gasteiger charge is 2.27. The van der Waals surface area contributed by atoms with Crippen LogP contribution in [0.4, 0.5) is 14.9 Å². The van der Waals surface area contributed by atoms with Crippen LogP contribution in [-0.4, -0.2) is 11.6 Å². The van der Waals surface area contributed by atoms with Crippen molar-refractivity contribution in [3.8, 4) is 0 Å². The van der Waals surface area contributed by atoms with Crippen molar-refractivity contribution >= 4 is 23.3 Å². The molecule has 2 amide bonds. The van der Waals surface area contributed by atoms with Crippen LogP contribution in [0.25, 0.3) is 0 Å². The number of anilines is 1. The van der Waals surface area contributed by atoms with Crippen molar-refractivity contribution in [2.75, 3.05) is 5.32 Å². The van der Waals surface area contributed by atoms with E-state index < -0.39 is 17.4 Å². The molecule has 3 nitrogen and oxygen atoms in total. The van der Waals surface area contributed by atoms with E-state index in [2.05, 4.69) is 31.4 Å². The van der Waals surface area contributed by atoms with Crippen LogP contribution in [0.2, 0.25) is 5.02 Å². The molecular weight excluding hydrogens is 279 g/mol. The second-order valence-electron chi connectivity index (χ2n) is 6.80. The van der Waals surface area contributed by atoms with Gasteiger partial charge < -0.3 is 10.6 Å². The summed E-state index contributed by atoms with van der Waals surface area (Å²) in [4.78, 5) is 12.0. The number of hydrogen-bond donors (Lipinski definition) is 2. The van der Waals surface area contributed by atoms with Crippen molar-refractivity contribution in [1.29, 1.82) is 0 Å². The summed E-state index contributed by atoms with van der Waals surface area (Å²) >= 11 is 5.87. The number of nitrogens with one attached hydrogen (secondary N) is 2. The molecule has 0 bridgehead atoms. The number of hydrogen-bond acceptors (Lipinski definition) is 1. The molecule has 0 aliphatic carbocycles. The Morgan fingerprint density at radius 1 is 1.25 bits per heavy atom. The predicted octanol–water partition coefficient (Wildman–Crippen LogP) is 4.82. The maximum Gasteiger partial charge on any atom is 0.319 e. The van der Waals surface area contributed by atoms with E-state index in [-0.39, 0.29) is 16.1 Å². The molecule has 0 aliphatic rings. The molecule has 0 radical (unpaired) electrons. The highest BCUT2D eigenvalue weighted by Crippen LogP contribution is 2.28. The molecule has 0 fully saturated rings. The average molecular weight is 301 g/mol. The van der Waals surface area contributed by atoms with Gasteiger partial charge in [-0.2, -0.15) is 0 Å². The molecule has 0 heterocycles. The van der Waals surface area contributed by atoms with Crippen molar-refractivity contribution in [2.45, 2.75) is 46.6 Å². The topological polar surface area (TPSA) is 41.1 Å². The average Bonchev–Trinajstić information content (AvgIpc) is 2.19. The van der Waals surface area contributed by atoms with Crippen molar-refractivity contribution in [2.24, 2.45) is 5.41 Å². The minimum atomic E-state index is -0.554. The molecule has 0 unspecified atom stereocenters. The van der Waals surface area contributed by atoms with Crippen LogP contribution in [0.1, 0.15) is 41.0 Å². The lowest BCUT2D eigenvalue weighted by Crippen LogP contribution is -2.47. The summed E-state index contributed by atoms with van der Waals surface area (Å²) in [5, 5.41) is 5.48. The van der Waals surface area contributed by atoms with Gasteiger partial charge in [0.2, 0.25) is 0 Å². The van der Waals surface area contributed by atoms with Gasteiger partial charge >= 0.3 is 6.03 Å². The van der Waals surface area contributed by atoms with Crippen LogP contribution < -0.4 is 10.6 Å². The molecule has 1 aromatic carbocycles. The normalized spacial score (nSPS) is 12.2. The number of rotatable bonds is 3. The lowest BCUT2D eigenvalue weighted by Gasteiger charge is -2.33. The number of para-hydroxylation sites is 1. The van der Waals surface area contributed by atoms with E-state index >= 15 is 0 Å². The van der Waals surface area contributed by atoms with Gasteiger partial charge in [-0.05, 0) is 37.8 Å². The van der Waals surface area contributed by atoms with Crippen LogP contribution in [0.5, 0.6) is 0 Å². The van der Waals surface area contributed by atoms with Gasteiger partial charge in [0.05, 0.1) is 10.7 Å². The Morgan fingerprint density at radius 3 is 2.35 bits per heavy atom. The quantitative estimate of drug-likeness (QED) is 0.826. The first-order valence-electron chi connectivity index (χ1n) is 6.53. The highest BCUT2D eigenvalue weighted by molar-refractivity contribution is 6.33. The van der Waals surface area contributed by atoms with Gasteiger partial charge in [0, 0.05) is 5.54 Å². The third-order valence-electron chi connectivity index (χ3n) is 2.63. The molecule has 0 saturated heterocycles. The maximum absolute atomic E-state index is 13.6. The molecular formula is C15H22ClFN2O. The predicted molar refractivity (Wildman–Crippen MR) is 81.7 cm³/mol. The fourth-order valence-electron chi connectivity index (χ4n) is 2.44. The Morgan fingerprint density at radius 2 is 1.85 bits per heavy atom. The van der Waals surface area contributed by atoms with Crippen LogP contribution in [-0.2, 0) is 0 Å². The van der Waals surface area contributed by atoms with Crippen molar-refractivity contribution in [3.05, 3.63) is 29.0 Å². The number of amides is 2. The number of benzene rings is 1. The monoisotopic (exact) mass is 300 g/mol. The first-order valence-corrected chi connectivity index (χ1v) is 6.91. The number of carbonyl (C=O) groups is 1. The second kappa shape index (κ2) is 6.00. The maximum atomic E-state index is 13.6. The zero-order valence-electron chi connectivity index (χ0n) is 12.6. The van der Waals surface area contributed by atoms with E-state index in [1.54, 1.807) is 0 Å². The second-order valence-corrected chi connectivity index (χ2v) is 7.20. The van der Waals surface area contributed by atoms with Crippen molar-refractivity contribution in [1.82, 2.24) is 5.32 Å². The summed E-state index contributed by atoms with van der Waals surface area (Å²) < 4.78 is 13.6. The third-order valence-corrected chi connectivity index (χ3v) is 2.94. The van der Waals surface area contributed by atoms with Crippen LogP contribution in [0, 0.1) is 11.2 Å². The summed E-state index contributed by atoms with van der Waals surface area (Å²) in [6, 6.07) is 3.80. The van der Waals surface area contributed by atoms with E-state index in [1.807, 2.05) is 13.8 Å². The Balaban J connectivity index is 2.73. The standard InChI is InChI=1S/C15H22ClFN2O/c1-14(2,3)9-15(4,5)19-13(20)18-12-10(16)7-6-8-11(12)17/h6-8H,9H2,1-5H3,(H2,18,19,20). The van der Waals surface area contributed by atoms with E-state index in [9.17, 15) is 9.18 Å². The number of halogens is 2. The van der Waals surface area contributed by atoms with Crippen LogP contribution >= 0.6 is 11.6 Å². The smallest absolute Gasteiger partial charge is 0.319 e. The number of carbonyl (C=O) groups excluding carboxylic acids is 1. The molecule has 20 heavy (non-hydrogen) atoms. The molecule has 0 spiro atoms. The van der Waals surface area contributed by atoms with Crippen LogP contribution in [0.3, 0.4) is 0 Å². The van der Waals surface area contributed by atoms with Gasteiger partial charge in [-0.15, -0.1) is 0 Å². The summed E-state index contributed by atoms with van der Waals surface area (Å²) in [5.74, 6) is -0.554. The SMILES string of the molecule is CC(C)(C)CC(C)(C)NC(=O)Nc1c(F)cccc1Cl. The fourth-order valence-corrected chi connectivity index (χ4v) is 2.65. The zero-order chi connectivity index (χ0) is 15.6. The Kier molecular flexibility index (Phi) is 5.03. The third kappa shape index (κ3) is 5.37. The largest absolute Gasteiger partial charge is 0.333 e. The van der Waals surface area contributed by atoms with Crippen molar-refractivity contribution < 1.29 is 9.18 Å². The van der Waals surface area contributed by atoms with Gasteiger partial charge in [-0.3, -0.25) is 0 Å². The molecule has 0 saturated carbocycles. The van der Waals surface area contributed by atoms with Gasteiger partial charge in [-0.1, -0.05) is 38.4 Å². The molecule has 112 valence electrons. The summed E-state index contributed by atoms with van der Waals surface area (Å²) in [6.07, 6.45) is 0.790. The summed E-state index contributed by atoms with van der Waals surface area (Å²) in [7, 11) is 0.